The van der Waals surface area contributed by atoms with E-state index in [2.05, 4.69) is 10.5 Å². The maximum absolute atomic E-state index is 12.1. The number of carbonyl (C=O) groups is 1. The van der Waals surface area contributed by atoms with Crippen LogP contribution in [0.25, 0.3) is 5.69 Å². The highest BCUT2D eigenvalue weighted by Crippen LogP contribution is 2.17. The summed E-state index contributed by atoms with van der Waals surface area (Å²) in [5.74, 6) is 0.433. The second-order valence-corrected chi connectivity index (χ2v) is 5.59. The van der Waals surface area contributed by atoms with Gasteiger partial charge in [-0.05, 0) is 48.5 Å². The molecule has 25 heavy (non-hydrogen) atoms. The number of nitrogens with zero attached hydrogens (tertiary/aromatic N) is 2. The van der Waals surface area contributed by atoms with Crippen LogP contribution in [0.5, 0.6) is 5.75 Å². The first-order valence-corrected chi connectivity index (χ1v) is 7.96. The fourth-order valence-electron chi connectivity index (χ4n) is 2.34. The lowest BCUT2D eigenvalue weighted by Crippen LogP contribution is -2.18. The molecule has 0 unspecified atom stereocenters. The van der Waals surface area contributed by atoms with Crippen LogP contribution in [-0.4, -0.2) is 23.8 Å². The van der Waals surface area contributed by atoms with E-state index in [1.165, 1.54) is 0 Å². The van der Waals surface area contributed by atoms with Crippen LogP contribution < -0.4 is 10.2 Å². The summed E-state index contributed by atoms with van der Waals surface area (Å²) in [6.07, 6.45) is 3.50. The van der Waals surface area contributed by atoms with Gasteiger partial charge in [0.1, 0.15) is 5.75 Å². The van der Waals surface area contributed by atoms with Crippen molar-refractivity contribution in [3.05, 3.63) is 83.1 Å². The first-order chi connectivity index (χ1) is 12.2. The average molecular weight is 354 g/mol. The molecular formula is C19H16ClN3O2. The van der Waals surface area contributed by atoms with Crippen molar-refractivity contribution >= 4 is 23.7 Å². The molecule has 5 nitrogen and oxygen atoms in total. The Morgan fingerprint density at radius 1 is 1.12 bits per heavy atom. The largest absolute Gasteiger partial charge is 0.497 e. The van der Waals surface area contributed by atoms with Gasteiger partial charge >= 0.3 is 0 Å². The summed E-state index contributed by atoms with van der Waals surface area (Å²) in [5.41, 5.74) is 4.66. The molecule has 0 aliphatic rings. The molecule has 126 valence electrons. The van der Waals surface area contributed by atoms with Gasteiger partial charge in [0.25, 0.3) is 5.91 Å². The van der Waals surface area contributed by atoms with Crippen LogP contribution in [0.15, 0.2) is 72.0 Å². The quantitative estimate of drug-likeness (QED) is 0.558. The summed E-state index contributed by atoms with van der Waals surface area (Å²) >= 11 is 6.00. The van der Waals surface area contributed by atoms with Gasteiger partial charge in [0.05, 0.1) is 29.6 Å². The van der Waals surface area contributed by atoms with E-state index >= 15 is 0 Å². The molecular weight excluding hydrogens is 338 g/mol. The summed E-state index contributed by atoms with van der Waals surface area (Å²) in [6, 6.07) is 18.3. The minimum absolute atomic E-state index is 0.357. The Hall–Kier alpha value is -3.05. The Kier molecular flexibility index (Phi) is 5.16. The van der Waals surface area contributed by atoms with Crippen molar-refractivity contribution < 1.29 is 9.53 Å². The Bertz CT molecular complexity index is 901. The topological polar surface area (TPSA) is 55.6 Å². The number of carbonyl (C=O) groups excluding carboxylic acids is 1. The van der Waals surface area contributed by atoms with Gasteiger partial charge in [0, 0.05) is 11.9 Å². The molecule has 0 spiro atoms. The SMILES string of the molecule is COc1ccc(-n2cccc2/C=N\NC(=O)c2ccccc2Cl)cc1. The second-order valence-electron chi connectivity index (χ2n) is 5.18. The maximum atomic E-state index is 12.1. The van der Waals surface area contributed by atoms with Crippen molar-refractivity contribution in [2.75, 3.05) is 7.11 Å². The van der Waals surface area contributed by atoms with Crippen molar-refractivity contribution in [1.29, 1.82) is 0 Å². The highest BCUT2D eigenvalue weighted by molar-refractivity contribution is 6.33. The Balaban J connectivity index is 1.73. The minimum atomic E-state index is -0.357. The van der Waals surface area contributed by atoms with Gasteiger partial charge < -0.3 is 9.30 Å². The molecule has 0 saturated heterocycles. The van der Waals surface area contributed by atoms with Crippen LogP contribution in [0.3, 0.4) is 0 Å². The summed E-state index contributed by atoms with van der Waals surface area (Å²) in [5, 5.41) is 4.41. The molecule has 0 atom stereocenters. The normalized spacial score (nSPS) is 10.8. The first-order valence-electron chi connectivity index (χ1n) is 7.59. The van der Waals surface area contributed by atoms with Gasteiger partial charge in [-0.2, -0.15) is 5.10 Å². The number of benzene rings is 2. The van der Waals surface area contributed by atoms with Crippen molar-refractivity contribution in [2.45, 2.75) is 0 Å². The molecule has 0 aliphatic heterocycles. The average Bonchev–Trinajstić information content (AvgIpc) is 3.10. The number of nitrogens with one attached hydrogen (secondary N) is 1. The first kappa shape index (κ1) is 16.8. The molecule has 1 heterocycles. The third-order valence-corrected chi connectivity index (χ3v) is 3.94. The molecule has 1 aromatic heterocycles. The number of hydrazone groups is 1. The summed E-state index contributed by atoms with van der Waals surface area (Å²) in [4.78, 5) is 12.1. The highest BCUT2D eigenvalue weighted by Gasteiger charge is 2.08. The Morgan fingerprint density at radius 2 is 1.88 bits per heavy atom. The smallest absolute Gasteiger partial charge is 0.272 e. The van der Waals surface area contributed by atoms with E-state index in [1.54, 1.807) is 37.6 Å². The predicted octanol–water partition coefficient (Wildman–Crippen LogP) is 3.90. The van der Waals surface area contributed by atoms with Crippen LogP contribution >= 0.6 is 11.6 Å². The number of methoxy groups -OCH3 is 1. The summed E-state index contributed by atoms with van der Waals surface area (Å²) in [7, 11) is 1.63. The molecule has 0 bridgehead atoms. The van der Waals surface area contributed by atoms with Gasteiger partial charge in [0.2, 0.25) is 0 Å². The molecule has 1 N–H and O–H groups in total. The van der Waals surface area contributed by atoms with E-state index in [0.717, 1.165) is 17.1 Å². The van der Waals surface area contributed by atoms with Gasteiger partial charge in [-0.3, -0.25) is 4.79 Å². The van der Waals surface area contributed by atoms with Crippen LogP contribution in [0.2, 0.25) is 5.02 Å². The van der Waals surface area contributed by atoms with E-state index in [9.17, 15) is 4.79 Å². The third-order valence-electron chi connectivity index (χ3n) is 3.61. The van der Waals surface area contributed by atoms with Crippen molar-refractivity contribution in [1.82, 2.24) is 9.99 Å². The van der Waals surface area contributed by atoms with Crippen LogP contribution in [-0.2, 0) is 0 Å². The molecule has 0 saturated carbocycles. The second kappa shape index (κ2) is 7.68. The number of hydrogen-bond acceptors (Lipinski definition) is 3. The van der Waals surface area contributed by atoms with Gasteiger partial charge in [-0.25, -0.2) is 5.43 Å². The molecule has 0 aliphatic carbocycles. The Labute approximate surface area is 150 Å². The number of rotatable bonds is 5. The molecule has 3 aromatic rings. The van der Waals surface area contributed by atoms with E-state index in [1.807, 2.05) is 47.2 Å². The van der Waals surface area contributed by atoms with Gasteiger partial charge in [-0.15, -0.1) is 0 Å². The Morgan fingerprint density at radius 3 is 2.60 bits per heavy atom. The molecule has 2 aromatic carbocycles. The van der Waals surface area contributed by atoms with Crippen molar-refractivity contribution in [3.8, 4) is 11.4 Å². The van der Waals surface area contributed by atoms with Crippen molar-refractivity contribution in [3.63, 3.8) is 0 Å². The predicted molar refractivity (Wildman–Crippen MR) is 98.8 cm³/mol. The lowest BCUT2D eigenvalue weighted by Gasteiger charge is -2.07. The number of hydrogen-bond donors (Lipinski definition) is 1. The third kappa shape index (κ3) is 3.89. The molecule has 0 fully saturated rings. The molecule has 1 amide bonds. The number of amides is 1. The lowest BCUT2D eigenvalue weighted by atomic mass is 10.2. The van der Waals surface area contributed by atoms with Gasteiger partial charge in [0.15, 0.2) is 0 Å². The number of halogens is 1. The maximum Gasteiger partial charge on any atom is 0.272 e. The standard InChI is InChI=1S/C19H16ClN3O2/c1-25-16-10-8-14(9-11-16)23-12-4-5-15(23)13-21-22-19(24)17-6-2-3-7-18(17)20/h2-13H,1H3,(H,22,24)/b21-13-. The molecule has 3 rings (SSSR count). The fraction of sp³-hybridized carbons (Fsp3) is 0.0526. The summed E-state index contributed by atoms with van der Waals surface area (Å²) in [6.45, 7) is 0. The molecule has 6 heteroatoms. The zero-order valence-corrected chi connectivity index (χ0v) is 14.3. The zero-order chi connectivity index (χ0) is 17.6. The number of ether oxygens (including phenoxy) is 1. The van der Waals surface area contributed by atoms with E-state index < -0.39 is 0 Å². The minimum Gasteiger partial charge on any atom is -0.497 e. The molecule has 0 radical (unpaired) electrons. The lowest BCUT2D eigenvalue weighted by molar-refractivity contribution is 0.0955. The fourth-order valence-corrected chi connectivity index (χ4v) is 2.56. The zero-order valence-electron chi connectivity index (χ0n) is 13.5. The van der Waals surface area contributed by atoms with Gasteiger partial charge in [-0.1, -0.05) is 23.7 Å². The van der Waals surface area contributed by atoms with Crippen LogP contribution in [0, 0.1) is 0 Å². The number of aromatic nitrogens is 1. The highest BCUT2D eigenvalue weighted by atomic mass is 35.5. The van der Waals surface area contributed by atoms with E-state index in [-0.39, 0.29) is 5.91 Å². The van der Waals surface area contributed by atoms with E-state index in [0.29, 0.717) is 10.6 Å². The van der Waals surface area contributed by atoms with Crippen molar-refractivity contribution in [2.24, 2.45) is 5.10 Å². The summed E-state index contributed by atoms with van der Waals surface area (Å²) < 4.78 is 7.11. The van der Waals surface area contributed by atoms with Crippen LogP contribution in [0.4, 0.5) is 0 Å². The van der Waals surface area contributed by atoms with Crippen LogP contribution in [0.1, 0.15) is 16.1 Å². The monoisotopic (exact) mass is 353 g/mol. The van der Waals surface area contributed by atoms with E-state index in [4.69, 9.17) is 16.3 Å².